The Labute approximate surface area is 97.4 Å². The Balaban J connectivity index is 2.10. The van der Waals surface area contributed by atoms with Gasteiger partial charge in [0, 0.05) is 6.54 Å². The summed E-state index contributed by atoms with van der Waals surface area (Å²) in [5.74, 6) is -0.474. The van der Waals surface area contributed by atoms with Crippen LogP contribution >= 0.6 is 0 Å². The smallest absolute Gasteiger partial charge is 0.306 e. The SMILES string of the molecule is CC(C)OCCNCC1CCCC1C(=O)O. The van der Waals surface area contributed by atoms with Crippen molar-refractivity contribution in [1.29, 1.82) is 0 Å². The van der Waals surface area contributed by atoms with Gasteiger partial charge in [0.15, 0.2) is 0 Å². The summed E-state index contributed by atoms with van der Waals surface area (Å²) in [6.45, 7) is 6.33. The van der Waals surface area contributed by atoms with Gasteiger partial charge in [-0.15, -0.1) is 0 Å². The predicted molar refractivity (Wildman–Crippen MR) is 62.4 cm³/mol. The van der Waals surface area contributed by atoms with E-state index in [0.29, 0.717) is 12.5 Å². The van der Waals surface area contributed by atoms with Crippen LogP contribution in [0.5, 0.6) is 0 Å². The van der Waals surface area contributed by atoms with Gasteiger partial charge in [0.25, 0.3) is 0 Å². The van der Waals surface area contributed by atoms with Crippen LogP contribution in [-0.2, 0) is 9.53 Å². The first-order valence-corrected chi connectivity index (χ1v) is 6.16. The summed E-state index contributed by atoms with van der Waals surface area (Å²) < 4.78 is 5.40. The minimum absolute atomic E-state index is 0.140. The molecule has 0 bridgehead atoms. The minimum atomic E-state index is -0.636. The zero-order valence-electron chi connectivity index (χ0n) is 10.2. The maximum absolute atomic E-state index is 10.9. The Morgan fingerprint density at radius 2 is 2.25 bits per heavy atom. The highest BCUT2D eigenvalue weighted by atomic mass is 16.5. The third-order valence-corrected chi connectivity index (χ3v) is 3.11. The van der Waals surface area contributed by atoms with Crippen LogP contribution in [0.25, 0.3) is 0 Å². The van der Waals surface area contributed by atoms with E-state index in [1.54, 1.807) is 0 Å². The molecular formula is C12H23NO3. The fraction of sp³-hybridized carbons (Fsp3) is 0.917. The van der Waals surface area contributed by atoms with Crippen molar-refractivity contribution >= 4 is 5.97 Å². The van der Waals surface area contributed by atoms with E-state index in [0.717, 1.165) is 32.4 Å². The van der Waals surface area contributed by atoms with Gasteiger partial charge in [-0.25, -0.2) is 0 Å². The number of rotatable bonds is 7. The van der Waals surface area contributed by atoms with Crippen molar-refractivity contribution in [3.8, 4) is 0 Å². The Hall–Kier alpha value is -0.610. The second-order valence-electron chi connectivity index (χ2n) is 4.76. The molecule has 0 aromatic heterocycles. The van der Waals surface area contributed by atoms with Crippen molar-refractivity contribution in [3.05, 3.63) is 0 Å². The lowest BCUT2D eigenvalue weighted by Gasteiger charge is -2.16. The van der Waals surface area contributed by atoms with Crippen molar-refractivity contribution in [2.75, 3.05) is 19.7 Å². The Morgan fingerprint density at radius 1 is 1.50 bits per heavy atom. The molecule has 0 aliphatic heterocycles. The molecule has 1 saturated carbocycles. The molecule has 0 spiro atoms. The molecule has 94 valence electrons. The Bertz CT molecular complexity index is 218. The standard InChI is InChI=1S/C12H23NO3/c1-9(2)16-7-6-13-8-10-4-3-5-11(10)12(14)15/h9-11,13H,3-8H2,1-2H3,(H,14,15). The highest BCUT2D eigenvalue weighted by molar-refractivity contribution is 5.70. The molecule has 16 heavy (non-hydrogen) atoms. The van der Waals surface area contributed by atoms with Gasteiger partial charge >= 0.3 is 5.97 Å². The van der Waals surface area contributed by atoms with Crippen LogP contribution in [0.15, 0.2) is 0 Å². The zero-order chi connectivity index (χ0) is 12.0. The molecule has 2 atom stereocenters. The van der Waals surface area contributed by atoms with Gasteiger partial charge < -0.3 is 15.2 Å². The number of carboxylic acids is 1. The van der Waals surface area contributed by atoms with Gasteiger partial charge in [-0.05, 0) is 39.2 Å². The van der Waals surface area contributed by atoms with Crippen LogP contribution in [0, 0.1) is 11.8 Å². The number of nitrogens with one attached hydrogen (secondary N) is 1. The van der Waals surface area contributed by atoms with Crippen LogP contribution in [0.3, 0.4) is 0 Å². The normalized spacial score (nSPS) is 25.2. The molecule has 0 radical (unpaired) electrons. The molecule has 0 aromatic carbocycles. The lowest BCUT2D eigenvalue weighted by Crippen LogP contribution is -2.31. The van der Waals surface area contributed by atoms with E-state index in [2.05, 4.69) is 5.32 Å². The molecule has 0 aromatic rings. The molecule has 4 heteroatoms. The molecule has 0 heterocycles. The average Bonchev–Trinajstić information content (AvgIpc) is 2.65. The number of carboxylic acid groups (broad SMARTS) is 1. The molecule has 1 aliphatic rings. The maximum atomic E-state index is 10.9. The summed E-state index contributed by atoms with van der Waals surface area (Å²) in [7, 11) is 0. The lowest BCUT2D eigenvalue weighted by molar-refractivity contribution is -0.142. The Kier molecular flexibility index (Phi) is 5.77. The van der Waals surface area contributed by atoms with Crippen molar-refractivity contribution in [3.63, 3.8) is 0 Å². The van der Waals surface area contributed by atoms with Crippen molar-refractivity contribution < 1.29 is 14.6 Å². The molecule has 2 N–H and O–H groups in total. The molecule has 2 unspecified atom stereocenters. The fourth-order valence-electron chi connectivity index (χ4n) is 2.26. The second-order valence-corrected chi connectivity index (χ2v) is 4.76. The first kappa shape index (κ1) is 13.5. The Morgan fingerprint density at radius 3 is 2.88 bits per heavy atom. The summed E-state index contributed by atoms with van der Waals surface area (Å²) in [6, 6.07) is 0. The van der Waals surface area contributed by atoms with E-state index in [-0.39, 0.29) is 12.0 Å². The third kappa shape index (κ3) is 4.49. The quantitative estimate of drug-likeness (QED) is 0.650. The van der Waals surface area contributed by atoms with Crippen molar-refractivity contribution in [2.45, 2.75) is 39.2 Å². The number of hydrogen-bond donors (Lipinski definition) is 2. The van der Waals surface area contributed by atoms with Gasteiger partial charge in [0.2, 0.25) is 0 Å². The zero-order valence-corrected chi connectivity index (χ0v) is 10.2. The van der Waals surface area contributed by atoms with E-state index >= 15 is 0 Å². The van der Waals surface area contributed by atoms with Crippen molar-refractivity contribution in [2.24, 2.45) is 11.8 Å². The summed E-state index contributed by atoms with van der Waals surface area (Å²) >= 11 is 0. The monoisotopic (exact) mass is 229 g/mol. The molecule has 0 amide bonds. The van der Waals surface area contributed by atoms with Crippen LogP contribution in [-0.4, -0.2) is 36.9 Å². The summed E-state index contributed by atoms with van der Waals surface area (Å²) in [5, 5.41) is 12.3. The van der Waals surface area contributed by atoms with E-state index in [1.807, 2.05) is 13.8 Å². The first-order chi connectivity index (χ1) is 7.61. The first-order valence-electron chi connectivity index (χ1n) is 6.16. The topological polar surface area (TPSA) is 58.6 Å². The second kappa shape index (κ2) is 6.86. The van der Waals surface area contributed by atoms with E-state index in [9.17, 15) is 4.79 Å². The molecule has 1 rings (SSSR count). The van der Waals surface area contributed by atoms with Crippen LogP contribution in [0.1, 0.15) is 33.1 Å². The highest BCUT2D eigenvalue weighted by Crippen LogP contribution is 2.31. The largest absolute Gasteiger partial charge is 0.481 e. The number of hydrogen-bond acceptors (Lipinski definition) is 3. The van der Waals surface area contributed by atoms with Crippen LogP contribution < -0.4 is 5.32 Å². The summed E-state index contributed by atoms with van der Waals surface area (Å²) in [6.07, 6.45) is 3.19. The summed E-state index contributed by atoms with van der Waals surface area (Å²) in [4.78, 5) is 10.9. The molecular weight excluding hydrogens is 206 g/mol. The van der Waals surface area contributed by atoms with Gasteiger partial charge in [-0.2, -0.15) is 0 Å². The average molecular weight is 229 g/mol. The number of carbonyl (C=O) groups is 1. The van der Waals surface area contributed by atoms with Gasteiger partial charge in [-0.3, -0.25) is 4.79 Å². The number of aliphatic carboxylic acids is 1. The molecule has 4 nitrogen and oxygen atoms in total. The van der Waals surface area contributed by atoms with E-state index in [1.165, 1.54) is 0 Å². The van der Waals surface area contributed by atoms with Crippen LogP contribution in [0.2, 0.25) is 0 Å². The maximum Gasteiger partial charge on any atom is 0.306 e. The molecule has 0 saturated heterocycles. The van der Waals surface area contributed by atoms with Gasteiger partial charge in [0.1, 0.15) is 0 Å². The van der Waals surface area contributed by atoms with E-state index < -0.39 is 5.97 Å². The van der Waals surface area contributed by atoms with Gasteiger partial charge in [-0.1, -0.05) is 6.42 Å². The highest BCUT2D eigenvalue weighted by Gasteiger charge is 2.32. The summed E-state index contributed by atoms with van der Waals surface area (Å²) in [5.41, 5.74) is 0. The lowest BCUT2D eigenvalue weighted by atomic mass is 9.96. The predicted octanol–water partition coefficient (Wildman–Crippen LogP) is 1.50. The van der Waals surface area contributed by atoms with Crippen LogP contribution in [0.4, 0.5) is 0 Å². The minimum Gasteiger partial charge on any atom is -0.481 e. The van der Waals surface area contributed by atoms with Gasteiger partial charge in [0.05, 0.1) is 18.6 Å². The van der Waals surface area contributed by atoms with Crippen molar-refractivity contribution in [1.82, 2.24) is 5.32 Å². The third-order valence-electron chi connectivity index (χ3n) is 3.11. The fourth-order valence-corrected chi connectivity index (χ4v) is 2.26. The van der Waals surface area contributed by atoms with E-state index in [4.69, 9.17) is 9.84 Å². The number of ether oxygens (including phenoxy) is 1. The molecule has 1 aliphatic carbocycles. The molecule has 1 fully saturated rings.